The van der Waals surface area contributed by atoms with Crippen molar-refractivity contribution in [3.63, 3.8) is 0 Å². The number of β-amino-alcohol motifs (C(OH)–C–C–N with tert-alkyl or cyclic N) is 1. The van der Waals surface area contributed by atoms with E-state index in [0.29, 0.717) is 5.41 Å². The molecule has 1 atom stereocenters. The van der Waals surface area contributed by atoms with Gasteiger partial charge in [-0.3, -0.25) is 0 Å². The Kier molecular flexibility index (Phi) is 0.746. The molecule has 2 rings (SSSR count). The van der Waals surface area contributed by atoms with E-state index in [4.69, 9.17) is 0 Å². The Bertz CT molecular complexity index is 109. The molecule has 0 aromatic rings. The largest absolute Gasteiger partial charge is 0.391 e. The summed E-state index contributed by atoms with van der Waals surface area (Å²) in [5.41, 5.74) is 0.347. The second-order valence-corrected chi connectivity index (χ2v) is 3.01. The van der Waals surface area contributed by atoms with Gasteiger partial charge in [-0.25, -0.2) is 0 Å². The molecule has 2 fully saturated rings. The molecule has 2 aliphatic rings. The summed E-state index contributed by atoms with van der Waals surface area (Å²) < 4.78 is 0. The fraction of sp³-hybridized carbons (Fsp3) is 1.00. The van der Waals surface area contributed by atoms with Crippen LogP contribution in [0.2, 0.25) is 0 Å². The normalized spacial score (nSPS) is 40.9. The van der Waals surface area contributed by atoms with E-state index in [2.05, 4.69) is 5.32 Å². The zero-order valence-corrected chi connectivity index (χ0v) is 4.85. The van der Waals surface area contributed by atoms with Crippen molar-refractivity contribution in [3.8, 4) is 0 Å². The van der Waals surface area contributed by atoms with Crippen molar-refractivity contribution < 1.29 is 5.11 Å². The molecule has 0 amide bonds. The van der Waals surface area contributed by atoms with Crippen LogP contribution in [0.3, 0.4) is 0 Å². The molecular weight excluding hydrogens is 102 g/mol. The molecule has 2 nitrogen and oxygen atoms in total. The van der Waals surface area contributed by atoms with E-state index in [-0.39, 0.29) is 6.10 Å². The third-order valence-electron chi connectivity index (χ3n) is 2.41. The molecule has 0 aromatic heterocycles. The number of aliphatic hydroxyl groups is 1. The summed E-state index contributed by atoms with van der Waals surface area (Å²) in [6, 6.07) is 0. The lowest BCUT2D eigenvalue weighted by Crippen LogP contribution is -2.18. The lowest BCUT2D eigenvalue weighted by Gasteiger charge is -2.07. The first-order valence-corrected chi connectivity index (χ1v) is 3.22. The van der Waals surface area contributed by atoms with E-state index in [0.717, 1.165) is 13.1 Å². The molecule has 1 aliphatic heterocycles. The predicted molar refractivity (Wildman–Crippen MR) is 30.5 cm³/mol. The topological polar surface area (TPSA) is 32.3 Å². The van der Waals surface area contributed by atoms with Crippen LogP contribution in [0.5, 0.6) is 0 Å². The molecule has 8 heavy (non-hydrogen) atoms. The van der Waals surface area contributed by atoms with Crippen LogP contribution >= 0.6 is 0 Å². The van der Waals surface area contributed by atoms with Crippen molar-refractivity contribution in [1.82, 2.24) is 5.32 Å². The molecular formula is C6H11NO. The number of rotatable bonds is 0. The average molecular weight is 113 g/mol. The van der Waals surface area contributed by atoms with E-state index in [1.165, 1.54) is 12.8 Å². The minimum atomic E-state index is -0.0394. The van der Waals surface area contributed by atoms with E-state index in [1.807, 2.05) is 0 Å². The first-order valence-electron chi connectivity index (χ1n) is 3.22. The SMILES string of the molecule is O[C@H]1CNCC12CC2. The molecule has 0 aromatic carbocycles. The summed E-state index contributed by atoms with van der Waals surface area (Å²) in [4.78, 5) is 0. The summed E-state index contributed by atoms with van der Waals surface area (Å²) in [7, 11) is 0. The number of aliphatic hydroxyl groups excluding tert-OH is 1. The molecule has 1 heterocycles. The summed E-state index contributed by atoms with van der Waals surface area (Å²) >= 11 is 0. The van der Waals surface area contributed by atoms with Gasteiger partial charge in [0.1, 0.15) is 0 Å². The van der Waals surface area contributed by atoms with Crippen LogP contribution in [0.4, 0.5) is 0 Å². The van der Waals surface area contributed by atoms with Crippen LogP contribution in [0.1, 0.15) is 12.8 Å². The molecule has 0 bridgehead atoms. The van der Waals surface area contributed by atoms with Gasteiger partial charge in [-0.05, 0) is 12.8 Å². The molecule has 0 radical (unpaired) electrons. The van der Waals surface area contributed by atoms with Gasteiger partial charge >= 0.3 is 0 Å². The third-order valence-corrected chi connectivity index (χ3v) is 2.41. The minimum absolute atomic E-state index is 0.0394. The Morgan fingerprint density at radius 1 is 1.50 bits per heavy atom. The Morgan fingerprint density at radius 2 is 2.25 bits per heavy atom. The number of nitrogens with one attached hydrogen (secondary N) is 1. The number of hydrogen-bond acceptors (Lipinski definition) is 2. The Balaban J connectivity index is 2.12. The Labute approximate surface area is 48.9 Å². The van der Waals surface area contributed by atoms with Crippen molar-refractivity contribution in [1.29, 1.82) is 0 Å². The Hall–Kier alpha value is -0.0800. The van der Waals surface area contributed by atoms with Crippen molar-refractivity contribution in [2.45, 2.75) is 18.9 Å². The quantitative estimate of drug-likeness (QED) is 0.453. The van der Waals surface area contributed by atoms with Crippen molar-refractivity contribution in [3.05, 3.63) is 0 Å². The average Bonchev–Trinajstić information content (AvgIpc) is 2.39. The maximum atomic E-state index is 9.26. The van der Waals surface area contributed by atoms with E-state index in [9.17, 15) is 5.11 Å². The molecule has 1 spiro atoms. The van der Waals surface area contributed by atoms with Crippen LogP contribution < -0.4 is 5.32 Å². The van der Waals surface area contributed by atoms with Gasteiger partial charge in [-0.15, -0.1) is 0 Å². The summed E-state index contributed by atoms with van der Waals surface area (Å²) in [5, 5.41) is 12.4. The van der Waals surface area contributed by atoms with Crippen LogP contribution in [-0.4, -0.2) is 24.3 Å². The highest BCUT2D eigenvalue weighted by atomic mass is 16.3. The second-order valence-electron chi connectivity index (χ2n) is 3.01. The van der Waals surface area contributed by atoms with Crippen LogP contribution in [0.15, 0.2) is 0 Å². The first kappa shape index (κ1) is 4.77. The molecule has 1 aliphatic carbocycles. The first-order chi connectivity index (χ1) is 3.83. The molecule has 0 unspecified atom stereocenters. The standard InChI is InChI=1S/C6H11NO/c8-5-3-7-4-6(5)1-2-6/h5,7-8H,1-4H2/t5-/m0/s1. The molecule has 1 saturated carbocycles. The van der Waals surface area contributed by atoms with Crippen molar-refractivity contribution in [2.75, 3.05) is 13.1 Å². The van der Waals surface area contributed by atoms with E-state index < -0.39 is 0 Å². The highest BCUT2D eigenvalue weighted by molar-refractivity contribution is 5.05. The lowest BCUT2D eigenvalue weighted by molar-refractivity contribution is 0.135. The maximum Gasteiger partial charge on any atom is 0.0732 e. The van der Waals surface area contributed by atoms with E-state index in [1.54, 1.807) is 0 Å². The number of hydrogen-bond donors (Lipinski definition) is 2. The fourth-order valence-corrected chi connectivity index (χ4v) is 1.46. The van der Waals surface area contributed by atoms with Gasteiger partial charge in [0.2, 0.25) is 0 Å². The summed E-state index contributed by atoms with van der Waals surface area (Å²) in [5.74, 6) is 0. The maximum absolute atomic E-state index is 9.26. The van der Waals surface area contributed by atoms with Gasteiger partial charge in [0.25, 0.3) is 0 Å². The van der Waals surface area contributed by atoms with Crippen molar-refractivity contribution >= 4 is 0 Å². The molecule has 2 N–H and O–H groups in total. The van der Waals surface area contributed by atoms with Gasteiger partial charge in [0.05, 0.1) is 6.10 Å². The van der Waals surface area contributed by atoms with E-state index >= 15 is 0 Å². The molecule has 1 saturated heterocycles. The Morgan fingerprint density at radius 3 is 2.50 bits per heavy atom. The van der Waals surface area contributed by atoms with Crippen molar-refractivity contribution in [2.24, 2.45) is 5.41 Å². The monoisotopic (exact) mass is 113 g/mol. The molecule has 46 valence electrons. The molecule has 2 heteroatoms. The minimum Gasteiger partial charge on any atom is -0.391 e. The van der Waals surface area contributed by atoms with Gasteiger partial charge in [-0.2, -0.15) is 0 Å². The summed E-state index contributed by atoms with van der Waals surface area (Å²) in [6.45, 7) is 1.87. The second kappa shape index (κ2) is 1.25. The van der Waals surface area contributed by atoms with Gasteiger partial charge < -0.3 is 10.4 Å². The van der Waals surface area contributed by atoms with Gasteiger partial charge in [0, 0.05) is 18.5 Å². The van der Waals surface area contributed by atoms with Gasteiger partial charge in [-0.1, -0.05) is 0 Å². The fourth-order valence-electron chi connectivity index (χ4n) is 1.46. The predicted octanol–water partition coefficient (Wildman–Crippen LogP) is -0.269. The zero-order valence-electron chi connectivity index (χ0n) is 4.85. The van der Waals surface area contributed by atoms with Crippen LogP contribution in [0, 0.1) is 5.41 Å². The smallest absolute Gasteiger partial charge is 0.0732 e. The zero-order chi connectivity index (χ0) is 5.61. The lowest BCUT2D eigenvalue weighted by atomic mass is 10.0. The highest BCUT2D eigenvalue weighted by Gasteiger charge is 2.51. The highest BCUT2D eigenvalue weighted by Crippen LogP contribution is 2.50. The van der Waals surface area contributed by atoms with Crippen LogP contribution in [-0.2, 0) is 0 Å². The van der Waals surface area contributed by atoms with Gasteiger partial charge in [0.15, 0.2) is 0 Å². The van der Waals surface area contributed by atoms with Crippen LogP contribution in [0.25, 0.3) is 0 Å². The third kappa shape index (κ3) is 0.446. The summed E-state index contributed by atoms with van der Waals surface area (Å²) in [6.07, 6.45) is 2.44.